The molecule has 0 aliphatic carbocycles. The van der Waals surface area contributed by atoms with Gasteiger partial charge in [-0.05, 0) is 37.5 Å². The highest BCUT2D eigenvalue weighted by Crippen LogP contribution is 2.22. The minimum atomic E-state index is -0.642. The van der Waals surface area contributed by atoms with Crippen molar-refractivity contribution in [3.8, 4) is 5.75 Å². The van der Waals surface area contributed by atoms with E-state index in [1.165, 1.54) is 0 Å². The predicted octanol–water partition coefficient (Wildman–Crippen LogP) is 2.58. The Kier molecular flexibility index (Phi) is 6.10. The summed E-state index contributed by atoms with van der Waals surface area (Å²) < 4.78 is 16.5. The Balaban J connectivity index is 1.71. The summed E-state index contributed by atoms with van der Waals surface area (Å²) in [5.41, 5.74) is 0.993. The van der Waals surface area contributed by atoms with Crippen molar-refractivity contribution >= 4 is 11.6 Å². The average molecular weight is 301 g/mol. The van der Waals surface area contributed by atoms with Gasteiger partial charge in [0, 0.05) is 18.2 Å². The van der Waals surface area contributed by atoms with Crippen molar-refractivity contribution in [1.29, 1.82) is 0 Å². The number of hydrogen-bond donors (Lipinski definition) is 1. The second-order valence-electron chi connectivity index (χ2n) is 5.02. The number of rotatable bonds is 6. The van der Waals surface area contributed by atoms with Gasteiger partial charge in [-0.3, -0.25) is 0 Å². The first kappa shape index (κ1) is 15.6. The molecule has 2 rings (SSSR count). The van der Waals surface area contributed by atoms with Crippen LogP contribution in [0.15, 0.2) is 18.2 Å². The fraction of sp³-hybridized carbons (Fsp3) is 0.600. The fourth-order valence-corrected chi connectivity index (χ4v) is 2.22. The fourth-order valence-electron chi connectivity index (χ4n) is 2.05. The van der Waals surface area contributed by atoms with E-state index in [0.717, 1.165) is 31.6 Å². The molecule has 1 aromatic rings. The number of hydrogen-bond acceptors (Lipinski definition) is 4. The van der Waals surface area contributed by atoms with Crippen molar-refractivity contribution in [2.75, 3.05) is 26.4 Å². The zero-order chi connectivity index (χ0) is 14.4. The first-order valence-corrected chi connectivity index (χ1v) is 7.29. The third kappa shape index (κ3) is 4.94. The number of aliphatic hydroxyl groups is 1. The van der Waals surface area contributed by atoms with Crippen molar-refractivity contribution in [3.63, 3.8) is 0 Å². The Bertz CT molecular complexity index is 418. The zero-order valence-electron chi connectivity index (χ0n) is 11.7. The van der Waals surface area contributed by atoms with Gasteiger partial charge < -0.3 is 19.3 Å². The van der Waals surface area contributed by atoms with Gasteiger partial charge >= 0.3 is 0 Å². The molecule has 0 aromatic heterocycles. The number of aryl methyl sites for hydroxylation is 1. The van der Waals surface area contributed by atoms with Crippen LogP contribution in [0, 0.1) is 6.92 Å². The molecule has 5 heteroatoms. The summed E-state index contributed by atoms with van der Waals surface area (Å²) in [6, 6.07) is 5.46. The topological polar surface area (TPSA) is 47.9 Å². The van der Waals surface area contributed by atoms with E-state index >= 15 is 0 Å². The molecule has 0 unspecified atom stereocenters. The highest BCUT2D eigenvalue weighted by molar-refractivity contribution is 6.30. The molecule has 0 spiro atoms. The molecule has 1 heterocycles. The van der Waals surface area contributed by atoms with Gasteiger partial charge in [0.1, 0.15) is 18.5 Å². The summed E-state index contributed by atoms with van der Waals surface area (Å²) >= 11 is 5.92. The lowest BCUT2D eigenvalue weighted by atomic mass is 10.1. The van der Waals surface area contributed by atoms with Gasteiger partial charge in [0.2, 0.25) is 0 Å². The predicted molar refractivity (Wildman–Crippen MR) is 77.5 cm³/mol. The quantitative estimate of drug-likeness (QED) is 0.877. The van der Waals surface area contributed by atoms with Crippen LogP contribution in [0.3, 0.4) is 0 Å². The van der Waals surface area contributed by atoms with E-state index in [-0.39, 0.29) is 19.3 Å². The van der Waals surface area contributed by atoms with Gasteiger partial charge in [0.15, 0.2) is 0 Å². The number of halogens is 1. The molecule has 0 amide bonds. The molecular formula is C15H21ClO4. The van der Waals surface area contributed by atoms with Gasteiger partial charge in [0.05, 0.1) is 12.7 Å². The summed E-state index contributed by atoms with van der Waals surface area (Å²) in [7, 11) is 0. The van der Waals surface area contributed by atoms with Crippen molar-refractivity contribution in [3.05, 3.63) is 28.8 Å². The molecule has 1 aliphatic heterocycles. The Morgan fingerprint density at radius 2 is 2.10 bits per heavy atom. The van der Waals surface area contributed by atoms with Gasteiger partial charge in [-0.2, -0.15) is 0 Å². The van der Waals surface area contributed by atoms with Crippen LogP contribution in [0.1, 0.15) is 18.4 Å². The molecule has 1 saturated heterocycles. The lowest BCUT2D eigenvalue weighted by molar-refractivity contribution is -0.0659. The highest BCUT2D eigenvalue weighted by Gasteiger charge is 2.16. The lowest BCUT2D eigenvalue weighted by Crippen LogP contribution is -2.30. The maximum atomic E-state index is 9.89. The lowest BCUT2D eigenvalue weighted by Gasteiger charge is -2.23. The van der Waals surface area contributed by atoms with E-state index < -0.39 is 6.10 Å². The van der Waals surface area contributed by atoms with Gasteiger partial charge in [-0.1, -0.05) is 17.7 Å². The molecule has 1 N–H and O–H groups in total. The Hall–Kier alpha value is -0.810. The first-order chi connectivity index (χ1) is 9.65. The highest BCUT2D eigenvalue weighted by atomic mass is 35.5. The van der Waals surface area contributed by atoms with Crippen LogP contribution >= 0.6 is 11.6 Å². The van der Waals surface area contributed by atoms with Crippen LogP contribution in [0.5, 0.6) is 5.75 Å². The van der Waals surface area contributed by atoms with Gasteiger partial charge in [-0.25, -0.2) is 0 Å². The molecule has 0 bridgehead atoms. The number of benzene rings is 1. The summed E-state index contributed by atoms with van der Waals surface area (Å²) in [5, 5.41) is 10.5. The molecule has 0 radical (unpaired) electrons. The van der Waals surface area contributed by atoms with E-state index in [2.05, 4.69) is 0 Å². The Morgan fingerprint density at radius 1 is 1.35 bits per heavy atom. The summed E-state index contributed by atoms with van der Waals surface area (Å²) in [4.78, 5) is 0. The number of aliphatic hydroxyl groups excluding tert-OH is 1. The van der Waals surface area contributed by atoms with E-state index in [1.54, 1.807) is 6.07 Å². The zero-order valence-corrected chi connectivity index (χ0v) is 12.4. The maximum Gasteiger partial charge on any atom is 0.123 e. The van der Waals surface area contributed by atoms with E-state index in [0.29, 0.717) is 10.8 Å². The van der Waals surface area contributed by atoms with Gasteiger partial charge in [-0.15, -0.1) is 0 Å². The van der Waals surface area contributed by atoms with E-state index in [4.69, 9.17) is 25.8 Å². The largest absolute Gasteiger partial charge is 0.490 e. The van der Waals surface area contributed by atoms with Crippen molar-refractivity contribution < 1.29 is 19.3 Å². The molecular weight excluding hydrogens is 280 g/mol. The van der Waals surface area contributed by atoms with Crippen molar-refractivity contribution in [1.82, 2.24) is 0 Å². The van der Waals surface area contributed by atoms with E-state index in [1.807, 2.05) is 19.1 Å². The minimum Gasteiger partial charge on any atom is -0.490 e. The molecule has 112 valence electrons. The van der Waals surface area contributed by atoms with Crippen LogP contribution < -0.4 is 4.74 Å². The smallest absolute Gasteiger partial charge is 0.123 e. The maximum absolute atomic E-state index is 9.89. The molecule has 4 nitrogen and oxygen atoms in total. The summed E-state index contributed by atoms with van der Waals surface area (Å²) in [6.07, 6.45) is 1.32. The summed E-state index contributed by atoms with van der Waals surface area (Å²) in [6.45, 7) is 3.89. The third-order valence-corrected chi connectivity index (χ3v) is 3.51. The standard InChI is InChI=1S/C15H21ClO4/c1-11-2-3-12(16)8-15(11)20-10-13(17)9-19-14-4-6-18-7-5-14/h2-3,8,13-14,17H,4-7,9-10H2,1H3/t13-/m1/s1. The van der Waals surface area contributed by atoms with Crippen LogP contribution in [-0.4, -0.2) is 43.7 Å². The molecule has 1 aliphatic rings. The Morgan fingerprint density at radius 3 is 2.85 bits per heavy atom. The van der Waals surface area contributed by atoms with Crippen LogP contribution in [-0.2, 0) is 9.47 Å². The van der Waals surface area contributed by atoms with Crippen molar-refractivity contribution in [2.45, 2.75) is 32.0 Å². The average Bonchev–Trinajstić information content (AvgIpc) is 2.47. The first-order valence-electron chi connectivity index (χ1n) is 6.91. The van der Waals surface area contributed by atoms with Crippen LogP contribution in [0.2, 0.25) is 5.02 Å². The SMILES string of the molecule is Cc1ccc(Cl)cc1OC[C@H](O)COC1CCOCC1. The molecule has 0 saturated carbocycles. The molecule has 1 fully saturated rings. The van der Waals surface area contributed by atoms with Crippen LogP contribution in [0.4, 0.5) is 0 Å². The molecule has 20 heavy (non-hydrogen) atoms. The second kappa shape index (κ2) is 7.84. The molecule has 1 aromatic carbocycles. The van der Waals surface area contributed by atoms with E-state index in [9.17, 15) is 5.11 Å². The normalized spacial score (nSPS) is 17.9. The monoisotopic (exact) mass is 300 g/mol. The second-order valence-corrected chi connectivity index (χ2v) is 5.46. The summed E-state index contributed by atoms with van der Waals surface area (Å²) in [5.74, 6) is 0.697. The Labute approximate surface area is 124 Å². The van der Waals surface area contributed by atoms with Crippen LogP contribution in [0.25, 0.3) is 0 Å². The molecule has 1 atom stereocenters. The third-order valence-electron chi connectivity index (χ3n) is 3.27. The van der Waals surface area contributed by atoms with Crippen molar-refractivity contribution in [2.24, 2.45) is 0 Å². The number of ether oxygens (including phenoxy) is 3. The minimum absolute atomic E-state index is 0.186. The van der Waals surface area contributed by atoms with Gasteiger partial charge in [0.25, 0.3) is 0 Å².